The highest BCUT2D eigenvalue weighted by atomic mass is 32.1. The van der Waals surface area contributed by atoms with Gasteiger partial charge in [-0.2, -0.15) is 5.10 Å². The Morgan fingerprint density at radius 2 is 2.00 bits per heavy atom. The van der Waals surface area contributed by atoms with E-state index in [-0.39, 0.29) is 5.91 Å². The first-order valence-electron chi connectivity index (χ1n) is 5.62. The fourth-order valence-corrected chi connectivity index (χ4v) is 2.31. The third-order valence-corrected chi connectivity index (χ3v) is 3.44. The molecule has 3 nitrogen and oxygen atoms in total. The molecular weight excluding hydrogens is 244 g/mol. The predicted molar refractivity (Wildman–Crippen MR) is 75.3 cm³/mol. The normalized spacial score (nSPS) is 10.8. The van der Waals surface area contributed by atoms with Gasteiger partial charge in [-0.15, -0.1) is 11.3 Å². The first kappa shape index (κ1) is 12.5. The van der Waals surface area contributed by atoms with E-state index in [4.69, 9.17) is 0 Å². The van der Waals surface area contributed by atoms with Crippen molar-refractivity contribution in [2.45, 2.75) is 13.8 Å². The van der Waals surface area contributed by atoms with Gasteiger partial charge < -0.3 is 0 Å². The summed E-state index contributed by atoms with van der Waals surface area (Å²) in [4.78, 5) is 14.1. The van der Waals surface area contributed by atoms with E-state index in [0.29, 0.717) is 5.56 Å². The molecule has 0 saturated carbocycles. The lowest BCUT2D eigenvalue weighted by Crippen LogP contribution is -2.18. The van der Waals surface area contributed by atoms with Crippen molar-refractivity contribution in [3.63, 3.8) is 0 Å². The fraction of sp³-hybridized carbons (Fsp3) is 0.143. The molecule has 0 unspecified atom stereocenters. The number of thiophene rings is 1. The summed E-state index contributed by atoms with van der Waals surface area (Å²) in [6, 6.07) is 11.4. The molecule has 92 valence electrons. The number of carbonyl (C=O) groups excluding carboxylic acids is 1. The lowest BCUT2D eigenvalue weighted by Gasteiger charge is -2.02. The first-order valence-corrected chi connectivity index (χ1v) is 6.44. The number of hydrogen-bond acceptors (Lipinski definition) is 3. The zero-order valence-electron chi connectivity index (χ0n) is 10.3. The van der Waals surface area contributed by atoms with Gasteiger partial charge in [0, 0.05) is 15.3 Å². The van der Waals surface area contributed by atoms with E-state index in [1.807, 2.05) is 44.2 Å². The molecule has 1 amide bonds. The summed E-state index contributed by atoms with van der Waals surface area (Å²) >= 11 is 1.64. The van der Waals surface area contributed by atoms with Crippen molar-refractivity contribution < 1.29 is 4.79 Å². The van der Waals surface area contributed by atoms with E-state index in [9.17, 15) is 4.79 Å². The van der Waals surface area contributed by atoms with E-state index in [2.05, 4.69) is 10.5 Å². The first-order chi connectivity index (χ1) is 8.66. The van der Waals surface area contributed by atoms with Crippen LogP contribution in [0.25, 0.3) is 0 Å². The highest BCUT2D eigenvalue weighted by Crippen LogP contribution is 2.12. The second-order valence-electron chi connectivity index (χ2n) is 3.96. The Labute approximate surface area is 110 Å². The van der Waals surface area contributed by atoms with Crippen LogP contribution in [0.5, 0.6) is 0 Å². The van der Waals surface area contributed by atoms with Crippen molar-refractivity contribution in [3.05, 3.63) is 57.3 Å². The van der Waals surface area contributed by atoms with Crippen LogP contribution in [0.15, 0.2) is 41.5 Å². The average Bonchev–Trinajstić information content (AvgIpc) is 2.75. The Bertz CT molecular complexity index is 587. The summed E-state index contributed by atoms with van der Waals surface area (Å²) in [5.41, 5.74) is 4.13. The third-order valence-electron chi connectivity index (χ3n) is 2.51. The molecule has 1 aromatic heterocycles. The van der Waals surface area contributed by atoms with E-state index in [1.54, 1.807) is 23.6 Å². The topological polar surface area (TPSA) is 41.5 Å². The molecule has 1 aromatic carbocycles. The fourth-order valence-electron chi connectivity index (χ4n) is 1.57. The van der Waals surface area contributed by atoms with Gasteiger partial charge in [-0.25, -0.2) is 5.43 Å². The minimum absolute atomic E-state index is 0.183. The summed E-state index contributed by atoms with van der Waals surface area (Å²) < 4.78 is 0. The largest absolute Gasteiger partial charge is 0.271 e. The number of benzene rings is 1. The monoisotopic (exact) mass is 258 g/mol. The van der Waals surface area contributed by atoms with E-state index < -0.39 is 0 Å². The van der Waals surface area contributed by atoms with Crippen LogP contribution in [-0.2, 0) is 0 Å². The maximum Gasteiger partial charge on any atom is 0.271 e. The standard InChI is InChI=1S/C14H14N2OS/c1-10-5-3-4-6-13(10)14(17)16-15-9-12-8-7-11(2)18-12/h3-9H,1-2H3,(H,16,17)/b15-9+. The Hall–Kier alpha value is -1.94. The van der Waals surface area contributed by atoms with Crippen molar-refractivity contribution in [3.8, 4) is 0 Å². The van der Waals surface area contributed by atoms with Gasteiger partial charge in [0.2, 0.25) is 0 Å². The molecule has 1 heterocycles. The molecular formula is C14H14N2OS. The molecule has 0 aliphatic carbocycles. The number of rotatable bonds is 3. The van der Waals surface area contributed by atoms with Gasteiger partial charge in [0.05, 0.1) is 6.21 Å². The maximum atomic E-state index is 11.8. The number of aryl methyl sites for hydroxylation is 2. The van der Waals surface area contributed by atoms with Gasteiger partial charge in [-0.1, -0.05) is 18.2 Å². The van der Waals surface area contributed by atoms with Crippen molar-refractivity contribution in [1.82, 2.24) is 5.43 Å². The highest BCUT2D eigenvalue weighted by Gasteiger charge is 2.06. The molecule has 4 heteroatoms. The Kier molecular flexibility index (Phi) is 3.89. The van der Waals surface area contributed by atoms with Crippen LogP contribution in [0, 0.1) is 13.8 Å². The zero-order chi connectivity index (χ0) is 13.0. The van der Waals surface area contributed by atoms with Gasteiger partial charge in [-0.05, 0) is 37.6 Å². The van der Waals surface area contributed by atoms with Crippen LogP contribution in [0.1, 0.15) is 25.7 Å². The van der Waals surface area contributed by atoms with Crippen molar-refractivity contribution >= 4 is 23.5 Å². The number of hydrazone groups is 1. The zero-order valence-corrected chi connectivity index (χ0v) is 11.1. The van der Waals surface area contributed by atoms with Crippen LogP contribution in [0.3, 0.4) is 0 Å². The molecule has 0 radical (unpaired) electrons. The molecule has 0 atom stereocenters. The summed E-state index contributed by atoms with van der Waals surface area (Å²) in [7, 11) is 0. The summed E-state index contributed by atoms with van der Waals surface area (Å²) in [6.07, 6.45) is 1.66. The third kappa shape index (κ3) is 3.05. The molecule has 0 aliphatic rings. The molecule has 0 aliphatic heterocycles. The Balaban J connectivity index is 2.01. The van der Waals surface area contributed by atoms with Gasteiger partial charge in [-0.3, -0.25) is 4.79 Å². The lowest BCUT2D eigenvalue weighted by atomic mass is 10.1. The van der Waals surface area contributed by atoms with Crippen LogP contribution in [0.4, 0.5) is 0 Å². The molecule has 0 saturated heterocycles. The van der Waals surface area contributed by atoms with Crippen LogP contribution < -0.4 is 5.43 Å². The number of hydrogen-bond donors (Lipinski definition) is 1. The lowest BCUT2D eigenvalue weighted by molar-refractivity contribution is 0.0954. The van der Waals surface area contributed by atoms with E-state index in [1.165, 1.54) is 4.88 Å². The predicted octanol–water partition coefficient (Wildman–Crippen LogP) is 3.13. The molecule has 0 fully saturated rings. The van der Waals surface area contributed by atoms with Gasteiger partial charge in [0.25, 0.3) is 5.91 Å². The van der Waals surface area contributed by atoms with E-state index in [0.717, 1.165) is 10.4 Å². The number of amides is 1. The SMILES string of the molecule is Cc1ccc(/C=N/NC(=O)c2ccccc2C)s1. The summed E-state index contributed by atoms with van der Waals surface area (Å²) in [5, 5.41) is 3.96. The van der Waals surface area contributed by atoms with Gasteiger partial charge in [0.15, 0.2) is 0 Å². The molecule has 0 bridgehead atoms. The maximum absolute atomic E-state index is 11.8. The molecule has 18 heavy (non-hydrogen) atoms. The summed E-state index contributed by atoms with van der Waals surface area (Å²) in [6.45, 7) is 3.94. The van der Waals surface area contributed by atoms with Gasteiger partial charge in [0.1, 0.15) is 0 Å². The van der Waals surface area contributed by atoms with Crippen LogP contribution >= 0.6 is 11.3 Å². The number of nitrogens with one attached hydrogen (secondary N) is 1. The molecule has 0 spiro atoms. The number of nitrogens with zero attached hydrogens (tertiary/aromatic N) is 1. The minimum Gasteiger partial charge on any atom is -0.267 e. The van der Waals surface area contributed by atoms with Crippen molar-refractivity contribution in [2.75, 3.05) is 0 Å². The van der Waals surface area contributed by atoms with Crippen LogP contribution in [-0.4, -0.2) is 12.1 Å². The van der Waals surface area contributed by atoms with E-state index >= 15 is 0 Å². The van der Waals surface area contributed by atoms with Crippen LogP contribution in [0.2, 0.25) is 0 Å². The smallest absolute Gasteiger partial charge is 0.267 e. The molecule has 2 aromatic rings. The summed E-state index contributed by atoms with van der Waals surface area (Å²) in [5.74, 6) is -0.183. The second-order valence-corrected chi connectivity index (χ2v) is 5.28. The highest BCUT2D eigenvalue weighted by molar-refractivity contribution is 7.13. The minimum atomic E-state index is -0.183. The quantitative estimate of drug-likeness (QED) is 0.667. The Morgan fingerprint density at radius 1 is 1.22 bits per heavy atom. The van der Waals surface area contributed by atoms with Crippen molar-refractivity contribution in [1.29, 1.82) is 0 Å². The molecule has 2 rings (SSSR count). The average molecular weight is 258 g/mol. The van der Waals surface area contributed by atoms with Crippen molar-refractivity contribution in [2.24, 2.45) is 5.10 Å². The second kappa shape index (κ2) is 5.60. The number of carbonyl (C=O) groups is 1. The molecule has 1 N–H and O–H groups in total. The van der Waals surface area contributed by atoms with Gasteiger partial charge >= 0.3 is 0 Å². The Morgan fingerprint density at radius 3 is 2.67 bits per heavy atom.